The minimum atomic E-state index is 0. The van der Waals surface area contributed by atoms with Gasteiger partial charge in [0.25, 0.3) is 0 Å². The molecule has 1 aromatic heterocycles. The fraction of sp³-hybridized carbons (Fsp3) is 0.474. The van der Waals surface area contributed by atoms with Crippen LogP contribution in [0.5, 0.6) is 0 Å². The number of hydrogen-bond donors (Lipinski definition) is 1. The van der Waals surface area contributed by atoms with Crippen molar-refractivity contribution in [3.63, 3.8) is 0 Å². The first-order valence-corrected chi connectivity index (χ1v) is 8.39. The van der Waals surface area contributed by atoms with Crippen LogP contribution < -0.4 is 5.73 Å². The summed E-state index contributed by atoms with van der Waals surface area (Å²) in [4.78, 5) is 18.6. The third-order valence-corrected chi connectivity index (χ3v) is 4.31. The number of rotatable bonds is 7. The molecule has 0 fully saturated rings. The predicted molar refractivity (Wildman–Crippen MR) is 110 cm³/mol. The van der Waals surface area contributed by atoms with Gasteiger partial charge in [0.1, 0.15) is 5.76 Å². The van der Waals surface area contributed by atoms with E-state index in [4.69, 9.17) is 10.2 Å². The maximum Gasteiger partial charge on any atom is 0.228 e. The number of nitrogens with two attached hydrogens (primary N) is 1. The van der Waals surface area contributed by atoms with Crippen LogP contribution in [0.3, 0.4) is 0 Å². The predicted octanol–water partition coefficient (Wildman–Crippen LogP) is 3.87. The van der Waals surface area contributed by atoms with Gasteiger partial charge in [-0.2, -0.15) is 0 Å². The first-order chi connectivity index (χ1) is 11.4. The van der Waals surface area contributed by atoms with E-state index in [-0.39, 0.29) is 43.2 Å². The molecule has 1 atom stereocenters. The topological polar surface area (TPSA) is 72.4 Å². The molecule has 2 N–H and O–H groups in total. The van der Waals surface area contributed by atoms with Crippen LogP contribution in [0.25, 0.3) is 11.5 Å². The Morgan fingerprint density at radius 3 is 2.42 bits per heavy atom. The summed E-state index contributed by atoms with van der Waals surface area (Å²) in [5.41, 5.74) is 7.65. The highest BCUT2D eigenvalue weighted by Gasteiger charge is 2.18. The van der Waals surface area contributed by atoms with Crippen LogP contribution in [0.1, 0.15) is 31.7 Å². The van der Waals surface area contributed by atoms with Gasteiger partial charge >= 0.3 is 0 Å². The van der Waals surface area contributed by atoms with Crippen LogP contribution in [0.2, 0.25) is 0 Å². The van der Waals surface area contributed by atoms with Gasteiger partial charge in [0.05, 0.1) is 12.1 Å². The largest absolute Gasteiger partial charge is 0.441 e. The lowest BCUT2D eigenvalue weighted by atomic mass is 10.0. The Morgan fingerprint density at radius 1 is 1.23 bits per heavy atom. The smallest absolute Gasteiger partial charge is 0.228 e. The van der Waals surface area contributed by atoms with Crippen LogP contribution in [-0.4, -0.2) is 35.4 Å². The van der Waals surface area contributed by atoms with Crippen molar-refractivity contribution in [1.82, 2.24) is 9.88 Å². The summed E-state index contributed by atoms with van der Waals surface area (Å²) in [6.45, 7) is 6.68. The first-order valence-electron chi connectivity index (χ1n) is 8.39. The Morgan fingerprint density at radius 2 is 1.85 bits per heavy atom. The molecule has 2 rings (SSSR count). The number of halogens is 2. The van der Waals surface area contributed by atoms with Gasteiger partial charge in [-0.25, -0.2) is 4.98 Å². The van der Waals surface area contributed by atoms with E-state index in [0.717, 1.165) is 12.0 Å². The molecule has 0 aliphatic heterocycles. The van der Waals surface area contributed by atoms with Crippen LogP contribution in [0.4, 0.5) is 0 Å². The highest BCUT2D eigenvalue weighted by molar-refractivity contribution is 5.85. The van der Waals surface area contributed by atoms with Gasteiger partial charge in [0, 0.05) is 25.2 Å². The van der Waals surface area contributed by atoms with Crippen molar-refractivity contribution in [3.8, 4) is 11.5 Å². The van der Waals surface area contributed by atoms with Gasteiger partial charge in [-0.1, -0.05) is 32.0 Å². The van der Waals surface area contributed by atoms with Crippen molar-refractivity contribution >= 4 is 30.7 Å². The number of aryl methyl sites for hydroxylation is 1. The van der Waals surface area contributed by atoms with Gasteiger partial charge in [-0.15, -0.1) is 24.8 Å². The average molecular weight is 402 g/mol. The summed E-state index contributed by atoms with van der Waals surface area (Å²) in [5, 5.41) is 0. The zero-order valence-corrected chi connectivity index (χ0v) is 17.4. The molecular weight excluding hydrogens is 373 g/mol. The molecule has 0 saturated heterocycles. The SMILES string of the molecule is Cc1oc(-c2ccccc2)nc1CC(=O)N(C)CCC(N)C(C)C.Cl.Cl. The Balaban J connectivity index is 0.00000312. The molecule has 5 nitrogen and oxygen atoms in total. The van der Waals surface area contributed by atoms with Gasteiger partial charge < -0.3 is 15.1 Å². The Labute approximate surface area is 168 Å². The highest BCUT2D eigenvalue weighted by atomic mass is 35.5. The number of nitrogens with zero attached hydrogens (tertiary/aromatic N) is 2. The van der Waals surface area contributed by atoms with E-state index >= 15 is 0 Å². The van der Waals surface area contributed by atoms with Crippen molar-refractivity contribution in [2.24, 2.45) is 11.7 Å². The maximum absolute atomic E-state index is 12.4. The molecule has 0 radical (unpaired) electrons. The molecule has 7 heteroatoms. The Kier molecular flexibility index (Phi) is 10.5. The van der Waals surface area contributed by atoms with Gasteiger partial charge in [-0.05, 0) is 31.4 Å². The Bertz CT molecular complexity index is 675. The number of likely N-dealkylation sites (N-methyl/N-ethyl adjacent to an activating group) is 1. The lowest BCUT2D eigenvalue weighted by molar-refractivity contribution is -0.129. The number of oxazole rings is 1. The van der Waals surface area contributed by atoms with Crippen molar-refractivity contribution in [2.45, 2.75) is 39.7 Å². The third kappa shape index (κ3) is 6.63. The molecule has 146 valence electrons. The zero-order valence-electron chi connectivity index (χ0n) is 15.8. The minimum absolute atomic E-state index is 0. The highest BCUT2D eigenvalue weighted by Crippen LogP contribution is 2.21. The molecule has 0 aliphatic rings. The standard InChI is InChI=1S/C19H27N3O2.2ClH/c1-13(2)16(20)10-11-22(4)18(23)12-17-14(3)24-19(21-17)15-8-6-5-7-9-15;;/h5-9,13,16H,10-12,20H2,1-4H3;2*1H. The van der Waals surface area contributed by atoms with E-state index in [1.807, 2.05) is 44.3 Å². The second-order valence-corrected chi connectivity index (χ2v) is 6.58. The van der Waals surface area contributed by atoms with E-state index in [9.17, 15) is 4.79 Å². The quantitative estimate of drug-likeness (QED) is 0.763. The molecular formula is C19H29Cl2N3O2. The van der Waals surface area contributed by atoms with Crippen LogP contribution in [-0.2, 0) is 11.2 Å². The Hall–Kier alpha value is -1.56. The minimum Gasteiger partial charge on any atom is -0.441 e. The fourth-order valence-corrected chi connectivity index (χ4v) is 2.38. The summed E-state index contributed by atoms with van der Waals surface area (Å²) in [7, 11) is 1.81. The molecule has 0 bridgehead atoms. The van der Waals surface area contributed by atoms with E-state index in [1.54, 1.807) is 4.90 Å². The van der Waals surface area contributed by atoms with Crippen molar-refractivity contribution in [3.05, 3.63) is 41.8 Å². The second kappa shape index (κ2) is 11.2. The van der Waals surface area contributed by atoms with E-state index in [1.165, 1.54) is 0 Å². The zero-order chi connectivity index (χ0) is 17.7. The van der Waals surface area contributed by atoms with E-state index in [2.05, 4.69) is 18.8 Å². The number of hydrogen-bond acceptors (Lipinski definition) is 4. The third-order valence-electron chi connectivity index (χ3n) is 4.31. The van der Waals surface area contributed by atoms with Crippen molar-refractivity contribution < 1.29 is 9.21 Å². The molecule has 1 unspecified atom stereocenters. The van der Waals surface area contributed by atoms with Crippen LogP contribution >= 0.6 is 24.8 Å². The summed E-state index contributed by atoms with van der Waals surface area (Å²) in [5.74, 6) is 1.69. The first kappa shape index (κ1) is 24.4. The van der Waals surface area contributed by atoms with Gasteiger partial charge in [0.2, 0.25) is 11.8 Å². The molecule has 0 saturated carbocycles. The molecule has 26 heavy (non-hydrogen) atoms. The monoisotopic (exact) mass is 401 g/mol. The number of carbonyl (C=O) groups is 1. The number of benzene rings is 1. The van der Waals surface area contributed by atoms with E-state index < -0.39 is 0 Å². The van der Waals surface area contributed by atoms with Crippen LogP contribution in [0, 0.1) is 12.8 Å². The second-order valence-electron chi connectivity index (χ2n) is 6.58. The average Bonchev–Trinajstić information content (AvgIpc) is 2.93. The van der Waals surface area contributed by atoms with Gasteiger partial charge in [-0.3, -0.25) is 4.79 Å². The molecule has 0 aliphatic carbocycles. The summed E-state index contributed by atoms with van der Waals surface area (Å²) in [6.07, 6.45) is 1.04. The lowest BCUT2D eigenvalue weighted by Crippen LogP contribution is -2.35. The van der Waals surface area contributed by atoms with Gasteiger partial charge in [0.15, 0.2) is 0 Å². The summed E-state index contributed by atoms with van der Waals surface area (Å²) < 4.78 is 5.71. The fourth-order valence-electron chi connectivity index (χ4n) is 2.38. The van der Waals surface area contributed by atoms with E-state index in [0.29, 0.717) is 29.8 Å². The molecule has 1 heterocycles. The van der Waals surface area contributed by atoms with Crippen molar-refractivity contribution in [1.29, 1.82) is 0 Å². The molecule has 0 spiro atoms. The van der Waals surface area contributed by atoms with Crippen molar-refractivity contribution in [2.75, 3.05) is 13.6 Å². The maximum atomic E-state index is 12.4. The lowest BCUT2D eigenvalue weighted by Gasteiger charge is -2.21. The number of carbonyl (C=O) groups excluding carboxylic acids is 1. The summed E-state index contributed by atoms with van der Waals surface area (Å²) >= 11 is 0. The number of amides is 1. The van der Waals surface area contributed by atoms with Crippen LogP contribution in [0.15, 0.2) is 34.7 Å². The summed E-state index contributed by atoms with van der Waals surface area (Å²) in [6, 6.07) is 9.81. The molecule has 1 aromatic carbocycles. The number of aromatic nitrogens is 1. The normalized spacial score (nSPS) is 11.5. The molecule has 2 aromatic rings. The molecule has 1 amide bonds.